The lowest BCUT2D eigenvalue weighted by Crippen LogP contribution is -2.09. The van der Waals surface area contributed by atoms with Gasteiger partial charge in [-0.2, -0.15) is 0 Å². The Morgan fingerprint density at radius 2 is 2.18 bits per heavy atom. The van der Waals surface area contributed by atoms with Gasteiger partial charge in [-0.05, 0) is 6.42 Å². The average molecular weight is 160 g/mol. The Hall–Kier alpha value is -0.570. The molecule has 66 valence electrons. The van der Waals surface area contributed by atoms with Crippen molar-refractivity contribution in [3.8, 4) is 0 Å². The van der Waals surface area contributed by atoms with E-state index in [0.717, 1.165) is 12.8 Å². The van der Waals surface area contributed by atoms with Crippen molar-refractivity contribution in [1.29, 1.82) is 0 Å². The Balaban J connectivity index is 3.03. The second kappa shape index (κ2) is 7.54. The molecule has 1 N–H and O–H groups in total. The lowest BCUT2D eigenvalue weighted by atomic mass is 10.1. The normalized spacial score (nSPS) is 12.5. The molecular weight excluding hydrogens is 144 g/mol. The molecule has 0 radical (unpaired) electrons. The Kier molecular flexibility index (Phi) is 7.15. The third kappa shape index (κ3) is 7.33. The van der Waals surface area contributed by atoms with Crippen molar-refractivity contribution < 1.29 is 14.6 Å². The fourth-order valence-corrected chi connectivity index (χ4v) is 0.878. The molecule has 1 atom stereocenters. The van der Waals surface area contributed by atoms with E-state index in [2.05, 4.69) is 11.7 Å². The number of carbonyl (C=O) groups excluding carboxylic acids is 1. The molecule has 0 aliphatic carbocycles. The Morgan fingerprint density at radius 3 is 2.73 bits per heavy atom. The topological polar surface area (TPSA) is 46.5 Å². The monoisotopic (exact) mass is 160 g/mol. The van der Waals surface area contributed by atoms with Crippen LogP contribution in [0.4, 0.5) is 0 Å². The zero-order valence-corrected chi connectivity index (χ0v) is 6.95. The van der Waals surface area contributed by atoms with Crippen LogP contribution in [0.3, 0.4) is 0 Å². The maximum Gasteiger partial charge on any atom is 0.295 e. The van der Waals surface area contributed by atoms with Crippen molar-refractivity contribution in [1.82, 2.24) is 0 Å². The van der Waals surface area contributed by atoms with E-state index < -0.39 is 6.29 Å². The fraction of sp³-hybridized carbons (Fsp3) is 0.875. The smallest absolute Gasteiger partial charge is 0.295 e. The first kappa shape index (κ1) is 10.4. The van der Waals surface area contributed by atoms with Crippen molar-refractivity contribution in [3.63, 3.8) is 0 Å². The molecule has 0 heterocycles. The molecular formula is C8H16O3. The number of aliphatic hydroxyl groups is 1. The highest BCUT2D eigenvalue weighted by Crippen LogP contribution is 2.05. The summed E-state index contributed by atoms with van der Waals surface area (Å²) < 4.78 is 4.30. The first-order valence-corrected chi connectivity index (χ1v) is 4.08. The van der Waals surface area contributed by atoms with Gasteiger partial charge in [-0.15, -0.1) is 0 Å². The minimum atomic E-state index is -0.899. The molecule has 3 heteroatoms. The molecule has 0 aliphatic rings. The number of aliphatic hydroxyl groups excluding tert-OH is 1. The maximum atomic E-state index is 9.72. The van der Waals surface area contributed by atoms with Crippen LogP contribution >= 0.6 is 0 Å². The molecule has 0 saturated heterocycles. The Labute approximate surface area is 67.4 Å². The third-order valence-electron chi connectivity index (χ3n) is 1.52. The fourth-order valence-electron chi connectivity index (χ4n) is 0.878. The summed E-state index contributed by atoms with van der Waals surface area (Å²) in [4.78, 5) is 9.72. The molecule has 1 unspecified atom stereocenters. The lowest BCUT2D eigenvalue weighted by Gasteiger charge is -2.06. The minimum absolute atomic E-state index is 0.282. The molecule has 0 fully saturated rings. The Morgan fingerprint density at radius 1 is 1.45 bits per heavy atom. The minimum Gasteiger partial charge on any atom is -0.438 e. The summed E-state index contributed by atoms with van der Waals surface area (Å²) in [6.45, 7) is 2.41. The summed E-state index contributed by atoms with van der Waals surface area (Å²) in [6, 6.07) is 0. The van der Waals surface area contributed by atoms with E-state index in [0.29, 0.717) is 6.42 Å². The van der Waals surface area contributed by atoms with Gasteiger partial charge in [0.1, 0.15) is 0 Å². The molecule has 0 aliphatic heterocycles. The molecule has 0 aromatic carbocycles. The van der Waals surface area contributed by atoms with Gasteiger partial charge in [0.2, 0.25) is 0 Å². The molecule has 0 rings (SSSR count). The molecule has 0 saturated carbocycles. The van der Waals surface area contributed by atoms with Gasteiger partial charge in [-0.25, -0.2) is 0 Å². The largest absolute Gasteiger partial charge is 0.438 e. The third-order valence-corrected chi connectivity index (χ3v) is 1.52. The average Bonchev–Trinajstić information content (AvgIpc) is 1.99. The van der Waals surface area contributed by atoms with Gasteiger partial charge in [0.05, 0.1) is 0 Å². The summed E-state index contributed by atoms with van der Waals surface area (Å²) in [5.74, 6) is 0. The predicted octanol–water partition coefficient (Wildman–Crippen LogP) is 1.45. The molecule has 0 amide bonds. The number of hydrogen-bond acceptors (Lipinski definition) is 3. The van der Waals surface area contributed by atoms with Crippen LogP contribution in [0.2, 0.25) is 0 Å². The van der Waals surface area contributed by atoms with Crippen LogP contribution in [-0.2, 0) is 9.53 Å². The second-order valence-electron chi connectivity index (χ2n) is 2.54. The quantitative estimate of drug-likeness (QED) is 0.348. The first-order valence-electron chi connectivity index (χ1n) is 4.08. The lowest BCUT2D eigenvalue weighted by molar-refractivity contribution is -0.152. The highest BCUT2D eigenvalue weighted by molar-refractivity contribution is 5.37. The Bertz CT molecular complexity index is 93.3. The van der Waals surface area contributed by atoms with Gasteiger partial charge in [0.25, 0.3) is 6.47 Å². The van der Waals surface area contributed by atoms with Crippen LogP contribution in [0, 0.1) is 0 Å². The van der Waals surface area contributed by atoms with Crippen LogP contribution < -0.4 is 0 Å². The van der Waals surface area contributed by atoms with Crippen LogP contribution in [-0.4, -0.2) is 17.9 Å². The van der Waals surface area contributed by atoms with Crippen molar-refractivity contribution >= 4 is 6.47 Å². The molecule has 3 nitrogen and oxygen atoms in total. The molecule has 0 aromatic rings. The summed E-state index contributed by atoms with van der Waals surface area (Å²) in [7, 11) is 0. The highest BCUT2D eigenvalue weighted by atomic mass is 16.6. The number of carbonyl (C=O) groups is 1. The molecule has 0 aromatic heterocycles. The summed E-state index contributed by atoms with van der Waals surface area (Å²) in [6.07, 6.45) is 4.01. The van der Waals surface area contributed by atoms with Gasteiger partial charge in [0, 0.05) is 6.42 Å². The van der Waals surface area contributed by atoms with Gasteiger partial charge < -0.3 is 9.84 Å². The van der Waals surface area contributed by atoms with E-state index in [-0.39, 0.29) is 6.47 Å². The number of rotatable bonds is 7. The number of unbranched alkanes of at least 4 members (excludes halogenated alkanes) is 3. The second-order valence-corrected chi connectivity index (χ2v) is 2.54. The summed E-state index contributed by atoms with van der Waals surface area (Å²) in [5, 5.41) is 8.90. The van der Waals surface area contributed by atoms with Crippen molar-refractivity contribution in [2.24, 2.45) is 0 Å². The van der Waals surface area contributed by atoms with E-state index in [4.69, 9.17) is 5.11 Å². The number of ether oxygens (including phenoxy) is 1. The first-order chi connectivity index (χ1) is 5.31. The van der Waals surface area contributed by atoms with Crippen LogP contribution in [0.25, 0.3) is 0 Å². The maximum absolute atomic E-state index is 9.72. The summed E-state index contributed by atoms with van der Waals surface area (Å²) >= 11 is 0. The van der Waals surface area contributed by atoms with E-state index in [1.807, 2.05) is 0 Å². The zero-order valence-electron chi connectivity index (χ0n) is 6.95. The SMILES string of the molecule is CCCCCCC(O)OC=O. The van der Waals surface area contributed by atoms with Gasteiger partial charge in [0.15, 0.2) is 6.29 Å². The van der Waals surface area contributed by atoms with Crippen molar-refractivity contribution in [2.45, 2.75) is 45.3 Å². The van der Waals surface area contributed by atoms with E-state index in [9.17, 15) is 4.79 Å². The molecule has 11 heavy (non-hydrogen) atoms. The summed E-state index contributed by atoms with van der Waals surface area (Å²) in [5.41, 5.74) is 0. The van der Waals surface area contributed by atoms with E-state index in [1.165, 1.54) is 12.8 Å². The highest BCUT2D eigenvalue weighted by Gasteiger charge is 2.01. The van der Waals surface area contributed by atoms with Crippen LogP contribution in [0.1, 0.15) is 39.0 Å². The zero-order chi connectivity index (χ0) is 8.53. The van der Waals surface area contributed by atoms with Gasteiger partial charge >= 0.3 is 0 Å². The molecule has 0 spiro atoms. The standard InChI is InChI=1S/C8H16O3/c1-2-3-4-5-6-8(10)11-7-9/h7-8,10H,2-6H2,1H3. The predicted molar refractivity (Wildman–Crippen MR) is 41.9 cm³/mol. The molecule has 0 bridgehead atoms. The van der Waals surface area contributed by atoms with E-state index >= 15 is 0 Å². The van der Waals surface area contributed by atoms with Gasteiger partial charge in [-0.1, -0.05) is 26.2 Å². The van der Waals surface area contributed by atoms with Crippen molar-refractivity contribution in [2.75, 3.05) is 0 Å². The number of hydrogen-bond donors (Lipinski definition) is 1. The van der Waals surface area contributed by atoms with Crippen LogP contribution in [0.15, 0.2) is 0 Å². The van der Waals surface area contributed by atoms with Crippen molar-refractivity contribution in [3.05, 3.63) is 0 Å². The van der Waals surface area contributed by atoms with Gasteiger partial charge in [-0.3, -0.25) is 4.79 Å². The van der Waals surface area contributed by atoms with E-state index in [1.54, 1.807) is 0 Å². The van der Waals surface area contributed by atoms with Crippen LogP contribution in [0.5, 0.6) is 0 Å².